The van der Waals surface area contributed by atoms with Gasteiger partial charge in [0.2, 0.25) is 5.91 Å². The lowest BCUT2D eigenvalue weighted by Crippen LogP contribution is -2.42. The first kappa shape index (κ1) is 19.8. The summed E-state index contributed by atoms with van der Waals surface area (Å²) in [5, 5.41) is 31.3. The zero-order chi connectivity index (χ0) is 18.2. The maximum atomic E-state index is 12.0. The van der Waals surface area contributed by atoms with Gasteiger partial charge in [-0.05, 0) is 37.0 Å². The van der Waals surface area contributed by atoms with Crippen LogP contribution in [0.15, 0.2) is 18.2 Å². The lowest BCUT2D eigenvalue weighted by molar-refractivity contribution is -0.141. The predicted octanol–water partition coefficient (Wildman–Crippen LogP) is 2.92. The molecule has 1 aromatic carbocycles. The second kappa shape index (κ2) is 9.82. The number of carbonyl (C=O) groups excluding carboxylic acids is 1. The van der Waals surface area contributed by atoms with Gasteiger partial charge in [-0.2, -0.15) is 0 Å². The molecule has 6 nitrogen and oxygen atoms in total. The van der Waals surface area contributed by atoms with Crippen molar-refractivity contribution in [3.63, 3.8) is 0 Å². The Labute approximate surface area is 154 Å². The van der Waals surface area contributed by atoms with Crippen LogP contribution in [0.1, 0.15) is 37.7 Å². The van der Waals surface area contributed by atoms with Crippen LogP contribution >= 0.6 is 21.6 Å². The number of rotatable bonds is 9. The minimum Gasteiger partial charge on any atom is -0.504 e. The van der Waals surface area contributed by atoms with Gasteiger partial charge < -0.3 is 20.6 Å². The van der Waals surface area contributed by atoms with Crippen LogP contribution in [0.2, 0.25) is 0 Å². The van der Waals surface area contributed by atoms with Gasteiger partial charge in [-0.15, -0.1) is 0 Å². The molecule has 1 saturated heterocycles. The molecular weight excluding hydrogens is 362 g/mol. The fraction of sp³-hybridized carbons (Fsp3) is 0.529. The summed E-state index contributed by atoms with van der Waals surface area (Å²) in [5.41, 5.74) is 0.527. The molecule has 1 aliphatic rings. The van der Waals surface area contributed by atoms with Gasteiger partial charge in [0.1, 0.15) is 6.04 Å². The summed E-state index contributed by atoms with van der Waals surface area (Å²) in [5.74, 6) is -0.776. The number of hydrogen-bond acceptors (Lipinski definition) is 6. The summed E-state index contributed by atoms with van der Waals surface area (Å²) in [6.07, 6.45) is 4.40. The molecule has 0 saturated carbocycles. The Balaban J connectivity index is 1.76. The van der Waals surface area contributed by atoms with E-state index >= 15 is 0 Å². The summed E-state index contributed by atoms with van der Waals surface area (Å²) < 4.78 is 0. The van der Waals surface area contributed by atoms with Crippen LogP contribution in [0.4, 0.5) is 0 Å². The molecule has 1 aromatic rings. The first-order valence-corrected chi connectivity index (χ1v) is 10.6. The van der Waals surface area contributed by atoms with Crippen molar-refractivity contribution in [3.05, 3.63) is 23.8 Å². The highest BCUT2D eigenvalue weighted by molar-refractivity contribution is 8.77. The smallest absolute Gasteiger partial charge is 0.326 e. The van der Waals surface area contributed by atoms with Gasteiger partial charge >= 0.3 is 5.97 Å². The number of aliphatic carboxylic acids is 1. The third-order valence-corrected chi connectivity index (χ3v) is 7.03. The molecule has 0 spiro atoms. The number of unbranched alkanes of at least 4 members (excludes halogenated alkanes) is 1. The van der Waals surface area contributed by atoms with Crippen LogP contribution in [0.3, 0.4) is 0 Å². The van der Waals surface area contributed by atoms with E-state index in [2.05, 4.69) is 5.32 Å². The molecule has 4 N–H and O–H groups in total. The highest BCUT2D eigenvalue weighted by Crippen LogP contribution is 2.39. The summed E-state index contributed by atoms with van der Waals surface area (Å²) in [4.78, 5) is 23.4. The van der Waals surface area contributed by atoms with Gasteiger partial charge in [0, 0.05) is 23.8 Å². The lowest BCUT2D eigenvalue weighted by atomic mass is 10.0. The number of nitrogens with one attached hydrogen (secondary N) is 1. The molecular formula is C17H23NO5S2. The van der Waals surface area contributed by atoms with E-state index in [1.54, 1.807) is 0 Å². The van der Waals surface area contributed by atoms with Crippen LogP contribution in [-0.4, -0.2) is 44.2 Å². The number of hydrogen-bond donors (Lipinski definition) is 4. The Morgan fingerprint density at radius 3 is 2.68 bits per heavy atom. The van der Waals surface area contributed by atoms with E-state index in [-0.39, 0.29) is 23.8 Å². The molecule has 0 aromatic heterocycles. The number of benzene rings is 1. The average Bonchev–Trinajstić information content (AvgIpc) is 3.07. The second-order valence-electron chi connectivity index (χ2n) is 6.06. The maximum absolute atomic E-state index is 12.0. The van der Waals surface area contributed by atoms with E-state index in [4.69, 9.17) is 0 Å². The SMILES string of the molecule is O=C(CCCCC1CCSS1)NC(Cc1ccc(O)c(O)c1)C(=O)O. The van der Waals surface area contributed by atoms with E-state index in [0.717, 1.165) is 19.3 Å². The largest absolute Gasteiger partial charge is 0.504 e. The highest BCUT2D eigenvalue weighted by atomic mass is 33.1. The monoisotopic (exact) mass is 385 g/mol. The van der Waals surface area contributed by atoms with E-state index < -0.39 is 12.0 Å². The summed E-state index contributed by atoms with van der Waals surface area (Å²) >= 11 is 0. The third kappa shape index (κ3) is 6.70. The first-order chi connectivity index (χ1) is 12.0. The van der Waals surface area contributed by atoms with Crippen molar-refractivity contribution in [3.8, 4) is 11.5 Å². The molecule has 1 aliphatic heterocycles. The second-order valence-corrected chi connectivity index (χ2v) is 8.85. The number of carboxylic acids is 1. The number of phenolic OH excluding ortho intramolecular Hbond substituents is 2. The van der Waals surface area contributed by atoms with E-state index in [9.17, 15) is 24.9 Å². The quantitative estimate of drug-likeness (QED) is 0.294. The summed E-state index contributed by atoms with van der Waals surface area (Å²) in [6.45, 7) is 0. The molecule has 0 radical (unpaired) electrons. The number of amides is 1. The van der Waals surface area contributed by atoms with Crippen LogP contribution < -0.4 is 5.32 Å². The molecule has 138 valence electrons. The molecule has 2 rings (SSSR count). The van der Waals surface area contributed by atoms with Gasteiger partial charge in [-0.25, -0.2) is 4.79 Å². The predicted molar refractivity (Wildman–Crippen MR) is 100.0 cm³/mol. The third-order valence-electron chi connectivity index (χ3n) is 4.02. The number of carbonyl (C=O) groups is 2. The van der Waals surface area contributed by atoms with Crippen molar-refractivity contribution in [1.82, 2.24) is 5.32 Å². The summed E-state index contributed by atoms with van der Waals surface area (Å²) in [6, 6.07) is 3.06. The van der Waals surface area contributed by atoms with Crippen LogP contribution in [-0.2, 0) is 16.0 Å². The molecule has 1 fully saturated rings. The maximum Gasteiger partial charge on any atom is 0.326 e. The van der Waals surface area contributed by atoms with E-state index in [1.165, 1.54) is 30.4 Å². The fourth-order valence-corrected chi connectivity index (χ4v) is 5.65. The Morgan fingerprint density at radius 1 is 1.24 bits per heavy atom. The minimum atomic E-state index is -1.12. The Kier molecular flexibility index (Phi) is 7.77. The Bertz CT molecular complexity index is 605. The zero-order valence-electron chi connectivity index (χ0n) is 13.8. The topological polar surface area (TPSA) is 107 Å². The van der Waals surface area contributed by atoms with E-state index in [1.807, 2.05) is 21.6 Å². The van der Waals surface area contributed by atoms with Crippen LogP contribution in [0.5, 0.6) is 11.5 Å². The van der Waals surface area contributed by atoms with Crippen LogP contribution in [0.25, 0.3) is 0 Å². The minimum absolute atomic E-state index is 0.0465. The van der Waals surface area contributed by atoms with E-state index in [0.29, 0.717) is 17.2 Å². The van der Waals surface area contributed by atoms with Gasteiger partial charge in [-0.1, -0.05) is 34.1 Å². The molecule has 1 heterocycles. The van der Waals surface area contributed by atoms with Crippen LogP contribution in [0, 0.1) is 0 Å². The van der Waals surface area contributed by atoms with Crippen molar-refractivity contribution in [2.24, 2.45) is 0 Å². The molecule has 2 atom stereocenters. The molecule has 1 amide bonds. The Morgan fingerprint density at radius 2 is 2.04 bits per heavy atom. The number of aromatic hydroxyl groups is 2. The Hall–Kier alpha value is -1.54. The van der Waals surface area contributed by atoms with Crippen molar-refractivity contribution in [1.29, 1.82) is 0 Å². The van der Waals surface area contributed by atoms with Gasteiger partial charge in [0.15, 0.2) is 11.5 Å². The average molecular weight is 386 g/mol. The van der Waals surface area contributed by atoms with Gasteiger partial charge in [0.25, 0.3) is 0 Å². The van der Waals surface area contributed by atoms with Crippen molar-refractivity contribution < 1.29 is 24.9 Å². The number of phenols is 2. The van der Waals surface area contributed by atoms with Crippen molar-refractivity contribution >= 4 is 33.5 Å². The molecule has 25 heavy (non-hydrogen) atoms. The fourth-order valence-electron chi connectivity index (χ4n) is 2.62. The lowest BCUT2D eigenvalue weighted by Gasteiger charge is -2.15. The molecule has 0 bridgehead atoms. The van der Waals surface area contributed by atoms with Crippen molar-refractivity contribution in [2.75, 3.05) is 5.75 Å². The first-order valence-electron chi connectivity index (χ1n) is 8.27. The molecule has 8 heteroatoms. The zero-order valence-corrected chi connectivity index (χ0v) is 15.4. The molecule has 2 unspecified atom stereocenters. The standard InChI is InChI=1S/C17H23NO5S2/c19-14-6-5-11(10-15(14)20)9-13(17(22)23)18-16(21)4-2-1-3-12-7-8-24-25-12/h5-6,10,12-13,19-20H,1-4,7-9H2,(H,18,21)(H,22,23). The normalized spacial score (nSPS) is 18.0. The van der Waals surface area contributed by atoms with Crippen molar-refractivity contribution in [2.45, 2.75) is 49.8 Å². The molecule has 0 aliphatic carbocycles. The van der Waals surface area contributed by atoms with Gasteiger partial charge in [0.05, 0.1) is 0 Å². The highest BCUT2D eigenvalue weighted by Gasteiger charge is 2.21. The number of carboxylic acid groups (broad SMARTS) is 1. The summed E-state index contributed by atoms with van der Waals surface area (Å²) in [7, 11) is 3.82. The van der Waals surface area contributed by atoms with Gasteiger partial charge in [-0.3, -0.25) is 4.79 Å².